The molecule has 0 bridgehead atoms. The fourth-order valence-electron chi connectivity index (χ4n) is 5.35. The molecule has 2 aromatic carbocycles. The smallest absolute Gasteiger partial charge is 0.128 e. The molecule has 0 spiro atoms. The summed E-state index contributed by atoms with van der Waals surface area (Å²) in [5, 5.41) is 22.1. The van der Waals surface area contributed by atoms with Crippen LogP contribution < -0.4 is 0 Å². The van der Waals surface area contributed by atoms with Gasteiger partial charge in [0.25, 0.3) is 0 Å². The average molecular weight is 579 g/mol. The van der Waals surface area contributed by atoms with Gasteiger partial charge in [0, 0.05) is 100 Å². The van der Waals surface area contributed by atoms with Crippen LogP contribution in [0.5, 0.6) is 11.5 Å². The van der Waals surface area contributed by atoms with E-state index in [-0.39, 0.29) is 11.5 Å². The summed E-state index contributed by atoms with van der Waals surface area (Å²) in [5.74, 6) is 0.528. The van der Waals surface area contributed by atoms with Crippen molar-refractivity contribution in [2.24, 2.45) is 9.98 Å². The summed E-state index contributed by atoms with van der Waals surface area (Å²) in [5.41, 5.74) is 7.29. The van der Waals surface area contributed by atoms with Crippen molar-refractivity contribution >= 4 is 12.4 Å². The van der Waals surface area contributed by atoms with Crippen LogP contribution in [0.1, 0.15) is 51.2 Å². The van der Waals surface area contributed by atoms with Gasteiger partial charge in [-0.25, -0.2) is 0 Å². The molecule has 0 aliphatic carbocycles. The van der Waals surface area contributed by atoms with E-state index in [9.17, 15) is 10.2 Å². The first-order valence-corrected chi connectivity index (χ1v) is 14.6. The van der Waals surface area contributed by atoms with Crippen LogP contribution in [0.3, 0.4) is 0 Å². The number of phenols is 2. The van der Waals surface area contributed by atoms with Crippen molar-refractivity contribution in [2.45, 2.75) is 46.4 Å². The molecule has 0 aliphatic heterocycles. The molecular weight excluding hydrogens is 536 g/mol. The normalized spacial score (nSPS) is 11.9. The molecule has 2 heterocycles. The van der Waals surface area contributed by atoms with Crippen molar-refractivity contribution in [3.63, 3.8) is 0 Å². The van der Waals surface area contributed by atoms with E-state index in [2.05, 4.69) is 29.8 Å². The lowest BCUT2D eigenvalue weighted by atomic mass is 10.0. The van der Waals surface area contributed by atoms with E-state index < -0.39 is 0 Å². The highest BCUT2D eigenvalue weighted by Gasteiger charge is 2.17. The molecule has 0 aliphatic rings. The zero-order valence-corrected chi connectivity index (χ0v) is 25.6. The molecule has 4 rings (SSSR count). The first-order valence-electron chi connectivity index (χ1n) is 14.6. The van der Waals surface area contributed by atoms with Gasteiger partial charge in [0.05, 0.1) is 11.4 Å². The summed E-state index contributed by atoms with van der Waals surface area (Å²) in [7, 11) is 3.42. The Labute approximate surface area is 255 Å². The molecule has 0 amide bonds. The Kier molecular flexibility index (Phi) is 11.5. The molecule has 0 radical (unpaired) electrons. The van der Waals surface area contributed by atoms with Crippen LogP contribution in [0.25, 0.3) is 0 Å². The molecule has 0 atom stereocenters. The number of rotatable bonds is 14. The maximum absolute atomic E-state index is 11.0. The molecule has 0 saturated carbocycles. The third-order valence-corrected chi connectivity index (χ3v) is 7.22. The van der Waals surface area contributed by atoms with Crippen molar-refractivity contribution in [1.82, 2.24) is 19.8 Å². The van der Waals surface area contributed by atoms with E-state index in [4.69, 9.17) is 0 Å². The molecule has 8 nitrogen and oxygen atoms in total. The summed E-state index contributed by atoms with van der Waals surface area (Å²) in [6.45, 7) is 8.11. The van der Waals surface area contributed by atoms with Gasteiger partial charge >= 0.3 is 0 Å². The van der Waals surface area contributed by atoms with Gasteiger partial charge in [-0.05, 0) is 67.8 Å². The lowest BCUT2D eigenvalue weighted by Crippen LogP contribution is -2.30. The predicted octanol–water partition coefficient (Wildman–Crippen LogP) is 5.70. The van der Waals surface area contributed by atoms with Gasteiger partial charge in [-0.15, -0.1) is 0 Å². The van der Waals surface area contributed by atoms with Crippen LogP contribution in [0.4, 0.5) is 0 Å². The summed E-state index contributed by atoms with van der Waals surface area (Å²) >= 11 is 0. The Morgan fingerprint density at radius 3 is 1.47 bits per heavy atom. The highest BCUT2D eigenvalue weighted by molar-refractivity contribution is 5.85. The lowest BCUT2D eigenvalue weighted by Gasteiger charge is -2.27. The minimum atomic E-state index is 0.264. The topological polar surface area (TPSA) is 97.4 Å². The van der Waals surface area contributed by atoms with Gasteiger partial charge in [0.2, 0.25) is 0 Å². The summed E-state index contributed by atoms with van der Waals surface area (Å²) in [6, 6.07) is 19.9. The van der Waals surface area contributed by atoms with Crippen LogP contribution in [-0.2, 0) is 26.2 Å². The van der Waals surface area contributed by atoms with Crippen LogP contribution in [0.2, 0.25) is 0 Å². The third kappa shape index (κ3) is 9.30. The molecule has 8 heteroatoms. The molecule has 4 aromatic rings. The van der Waals surface area contributed by atoms with E-state index in [0.29, 0.717) is 26.2 Å². The number of aromatic nitrogens is 2. The Hall–Kier alpha value is -4.40. The number of phenolic OH excluding ortho intramolecular Hbond substituents is 2. The van der Waals surface area contributed by atoms with Crippen LogP contribution in [-0.4, -0.2) is 69.6 Å². The van der Waals surface area contributed by atoms with Crippen molar-refractivity contribution in [2.75, 3.05) is 27.2 Å². The van der Waals surface area contributed by atoms with Gasteiger partial charge in [0.1, 0.15) is 11.5 Å². The van der Waals surface area contributed by atoms with Crippen molar-refractivity contribution < 1.29 is 10.2 Å². The van der Waals surface area contributed by atoms with Gasteiger partial charge in [0.15, 0.2) is 0 Å². The monoisotopic (exact) mass is 578 g/mol. The molecule has 224 valence electrons. The highest BCUT2D eigenvalue weighted by atomic mass is 16.3. The number of nitrogens with zero attached hydrogens (tertiary/aromatic N) is 6. The molecule has 43 heavy (non-hydrogen) atoms. The number of hydrogen-bond donors (Lipinski definition) is 2. The highest BCUT2D eigenvalue weighted by Crippen LogP contribution is 2.27. The van der Waals surface area contributed by atoms with Crippen LogP contribution >= 0.6 is 0 Å². The zero-order chi connectivity index (χ0) is 30.6. The Bertz CT molecular complexity index is 1410. The Morgan fingerprint density at radius 1 is 0.651 bits per heavy atom. The SMILES string of the molecule is CN=Cc1cc(C)cc(CN(CCCN(Cc2ccccn2)Cc2cc(C)cc(C=NC)c2O)Cc2ccccn2)c1O. The molecule has 2 N–H and O–H groups in total. The van der Waals surface area contributed by atoms with Crippen molar-refractivity contribution in [3.8, 4) is 11.5 Å². The third-order valence-electron chi connectivity index (χ3n) is 7.22. The summed E-state index contributed by atoms with van der Waals surface area (Å²) < 4.78 is 0. The predicted molar refractivity (Wildman–Crippen MR) is 174 cm³/mol. The fraction of sp³-hybridized carbons (Fsp3) is 0.314. The van der Waals surface area contributed by atoms with Gasteiger partial charge < -0.3 is 10.2 Å². The van der Waals surface area contributed by atoms with Gasteiger partial charge in [-0.2, -0.15) is 0 Å². The molecule has 0 saturated heterocycles. The van der Waals surface area contributed by atoms with E-state index in [1.165, 1.54) is 0 Å². The number of aromatic hydroxyl groups is 2. The minimum Gasteiger partial charge on any atom is -0.507 e. The molecule has 2 aromatic heterocycles. The number of benzene rings is 2. The molecular formula is C35H42N6O2. The van der Waals surface area contributed by atoms with Crippen LogP contribution in [0.15, 0.2) is 83.0 Å². The largest absolute Gasteiger partial charge is 0.507 e. The van der Waals surface area contributed by atoms with E-state index >= 15 is 0 Å². The second-order valence-electron chi connectivity index (χ2n) is 10.9. The Morgan fingerprint density at radius 2 is 1.09 bits per heavy atom. The molecule has 0 fully saturated rings. The summed E-state index contributed by atoms with van der Waals surface area (Å²) in [6.07, 6.45) is 7.89. The first-order chi connectivity index (χ1) is 20.9. The fourth-order valence-corrected chi connectivity index (χ4v) is 5.35. The van der Waals surface area contributed by atoms with E-state index in [0.717, 1.165) is 64.3 Å². The van der Waals surface area contributed by atoms with Gasteiger partial charge in [-0.3, -0.25) is 29.8 Å². The van der Waals surface area contributed by atoms with E-state index in [1.807, 2.05) is 86.9 Å². The van der Waals surface area contributed by atoms with Crippen molar-refractivity contribution in [3.05, 3.63) is 118 Å². The quantitative estimate of drug-likeness (QED) is 0.187. The van der Waals surface area contributed by atoms with Crippen LogP contribution in [0, 0.1) is 13.8 Å². The lowest BCUT2D eigenvalue weighted by molar-refractivity contribution is 0.202. The van der Waals surface area contributed by atoms with Crippen molar-refractivity contribution in [1.29, 1.82) is 0 Å². The standard InChI is InChI=1S/C35H42N6O2/c1-26-16-28(20-36-3)34(42)30(18-26)22-40(24-32-10-5-7-12-38-32)14-9-15-41(25-33-11-6-8-13-39-33)23-31-19-27(2)17-29(21-37-4)35(31)43/h5-8,10-13,16-21,42-43H,9,14-15,22-25H2,1-4H3. The zero-order valence-electron chi connectivity index (χ0n) is 25.6. The maximum atomic E-state index is 11.0. The Balaban J connectivity index is 1.55. The maximum Gasteiger partial charge on any atom is 0.128 e. The number of aryl methyl sites for hydroxylation is 2. The molecule has 0 unspecified atom stereocenters. The van der Waals surface area contributed by atoms with E-state index in [1.54, 1.807) is 26.5 Å². The summed E-state index contributed by atoms with van der Waals surface area (Å²) in [4.78, 5) is 22.0. The number of hydrogen-bond acceptors (Lipinski definition) is 8. The first kappa shape index (κ1) is 31.5. The number of aliphatic imine (C=N–C) groups is 2. The second kappa shape index (κ2) is 15.7. The average Bonchev–Trinajstić information content (AvgIpc) is 2.99. The van der Waals surface area contributed by atoms with Gasteiger partial charge in [-0.1, -0.05) is 24.3 Å². The second-order valence-corrected chi connectivity index (χ2v) is 10.9. The number of pyridine rings is 2. The minimum absolute atomic E-state index is 0.264.